The standard InChI is InChI=1S/C18H20N2O3/c1-23-18(22)16(11-5-9-14-7-3-2-4-8-14)20-17(21)15-10-6-12-19-13-15/h2-4,6-8,10,12-13,16H,5,9,11H2,1H3,(H,20,21)/t16-/m1/s1. The van der Waals surface area contributed by atoms with E-state index in [4.69, 9.17) is 4.74 Å². The molecular weight excluding hydrogens is 292 g/mol. The summed E-state index contributed by atoms with van der Waals surface area (Å²) in [4.78, 5) is 27.9. The van der Waals surface area contributed by atoms with E-state index in [0.29, 0.717) is 12.0 Å². The molecule has 0 spiro atoms. The van der Waals surface area contributed by atoms with E-state index in [-0.39, 0.29) is 5.91 Å². The number of nitrogens with one attached hydrogen (secondary N) is 1. The average molecular weight is 312 g/mol. The molecule has 1 amide bonds. The van der Waals surface area contributed by atoms with Gasteiger partial charge in [0.1, 0.15) is 6.04 Å². The van der Waals surface area contributed by atoms with Gasteiger partial charge in [0, 0.05) is 12.4 Å². The molecule has 2 rings (SSSR count). The van der Waals surface area contributed by atoms with Crippen LogP contribution in [0.4, 0.5) is 0 Å². The monoisotopic (exact) mass is 312 g/mol. The zero-order chi connectivity index (χ0) is 16.5. The first kappa shape index (κ1) is 16.7. The first-order chi connectivity index (χ1) is 11.2. The quantitative estimate of drug-likeness (QED) is 0.797. The lowest BCUT2D eigenvalue weighted by Gasteiger charge is -2.16. The maximum atomic E-state index is 12.1. The van der Waals surface area contributed by atoms with Gasteiger partial charge in [-0.3, -0.25) is 9.78 Å². The molecule has 120 valence electrons. The Hall–Kier alpha value is -2.69. The smallest absolute Gasteiger partial charge is 0.328 e. The number of ether oxygens (including phenoxy) is 1. The first-order valence-corrected chi connectivity index (χ1v) is 7.53. The number of amides is 1. The van der Waals surface area contributed by atoms with Crippen molar-refractivity contribution in [1.82, 2.24) is 10.3 Å². The number of rotatable bonds is 7. The van der Waals surface area contributed by atoms with E-state index in [2.05, 4.69) is 10.3 Å². The second kappa shape index (κ2) is 8.68. The predicted molar refractivity (Wildman–Crippen MR) is 86.9 cm³/mol. The zero-order valence-electron chi connectivity index (χ0n) is 13.1. The van der Waals surface area contributed by atoms with Gasteiger partial charge in [-0.25, -0.2) is 4.79 Å². The van der Waals surface area contributed by atoms with E-state index in [1.165, 1.54) is 18.9 Å². The highest BCUT2D eigenvalue weighted by atomic mass is 16.5. The largest absolute Gasteiger partial charge is 0.467 e. The third-order valence-corrected chi connectivity index (χ3v) is 3.52. The number of esters is 1. The van der Waals surface area contributed by atoms with Crippen molar-refractivity contribution in [2.45, 2.75) is 25.3 Å². The molecule has 0 bridgehead atoms. The summed E-state index contributed by atoms with van der Waals surface area (Å²) in [6.45, 7) is 0. The minimum absolute atomic E-state index is 0.326. The SMILES string of the molecule is COC(=O)[C@@H](CCCc1ccccc1)NC(=O)c1cccnc1. The van der Waals surface area contributed by atoms with E-state index >= 15 is 0 Å². The molecule has 0 fully saturated rings. The van der Waals surface area contributed by atoms with E-state index in [1.807, 2.05) is 30.3 Å². The van der Waals surface area contributed by atoms with Crippen LogP contribution in [0.5, 0.6) is 0 Å². The van der Waals surface area contributed by atoms with Gasteiger partial charge in [-0.05, 0) is 37.0 Å². The summed E-state index contributed by atoms with van der Waals surface area (Å²) in [7, 11) is 1.32. The van der Waals surface area contributed by atoms with Crippen molar-refractivity contribution in [3.05, 3.63) is 66.0 Å². The van der Waals surface area contributed by atoms with Crippen molar-refractivity contribution >= 4 is 11.9 Å². The molecule has 0 aliphatic carbocycles. The summed E-state index contributed by atoms with van der Waals surface area (Å²) in [5.74, 6) is -0.761. The highest BCUT2D eigenvalue weighted by Crippen LogP contribution is 2.08. The first-order valence-electron chi connectivity index (χ1n) is 7.53. The summed E-state index contributed by atoms with van der Waals surface area (Å²) in [5.41, 5.74) is 1.62. The molecule has 0 aliphatic heterocycles. The van der Waals surface area contributed by atoms with Crippen LogP contribution < -0.4 is 5.32 Å². The van der Waals surface area contributed by atoms with Crippen LogP contribution in [0.15, 0.2) is 54.9 Å². The number of pyridine rings is 1. The van der Waals surface area contributed by atoms with Gasteiger partial charge in [-0.2, -0.15) is 0 Å². The van der Waals surface area contributed by atoms with E-state index in [9.17, 15) is 9.59 Å². The zero-order valence-corrected chi connectivity index (χ0v) is 13.1. The van der Waals surface area contributed by atoms with Gasteiger partial charge in [0.15, 0.2) is 0 Å². The Morgan fingerprint density at radius 2 is 1.96 bits per heavy atom. The molecule has 1 aromatic carbocycles. The van der Waals surface area contributed by atoms with Crippen molar-refractivity contribution in [2.24, 2.45) is 0 Å². The number of aromatic nitrogens is 1. The van der Waals surface area contributed by atoms with Crippen molar-refractivity contribution < 1.29 is 14.3 Å². The van der Waals surface area contributed by atoms with Crippen LogP contribution in [0.1, 0.15) is 28.8 Å². The van der Waals surface area contributed by atoms with Crippen LogP contribution in [0, 0.1) is 0 Å². The lowest BCUT2D eigenvalue weighted by Crippen LogP contribution is -2.41. The highest BCUT2D eigenvalue weighted by Gasteiger charge is 2.21. The van der Waals surface area contributed by atoms with Crippen LogP contribution >= 0.6 is 0 Å². The molecule has 5 nitrogen and oxygen atoms in total. The number of benzene rings is 1. The Morgan fingerprint density at radius 1 is 1.17 bits per heavy atom. The van der Waals surface area contributed by atoms with Gasteiger partial charge in [-0.1, -0.05) is 30.3 Å². The number of aryl methyl sites for hydroxylation is 1. The van der Waals surface area contributed by atoms with Gasteiger partial charge in [0.2, 0.25) is 0 Å². The van der Waals surface area contributed by atoms with Crippen LogP contribution in [0.2, 0.25) is 0 Å². The van der Waals surface area contributed by atoms with Crippen LogP contribution in [-0.4, -0.2) is 30.0 Å². The lowest BCUT2D eigenvalue weighted by atomic mass is 10.0. The van der Waals surface area contributed by atoms with Crippen molar-refractivity contribution in [1.29, 1.82) is 0 Å². The van der Waals surface area contributed by atoms with Crippen molar-refractivity contribution in [2.75, 3.05) is 7.11 Å². The summed E-state index contributed by atoms with van der Waals surface area (Å²) in [5, 5.41) is 2.72. The van der Waals surface area contributed by atoms with Crippen LogP contribution in [0.25, 0.3) is 0 Å². The second-order valence-electron chi connectivity index (χ2n) is 5.17. The molecule has 0 aliphatic rings. The number of methoxy groups -OCH3 is 1. The fourth-order valence-electron chi connectivity index (χ4n) is 2.28. The molecule has 2 aromatic rings. The maximum Gasteiger partial charge on any atom is 0.328 e. The van der Waals surface area contributed by atoms with Crippen molar-refractivity contribution in [3.63, 3.8) is 0 Å². The molecule has 1 heterocycles. The number of carbonyl (C=O) groups is 2. The van der Waals surface area contributed by atoms with E-state index < -0.39 is 12.0 Å². The molecule has 0 radical (unpaired) electrons. The normalized spacial score (nSPS) is 11.5. The fraction of sp³-hybridized carbons (Fsp3) is 0.278. The second-order valence-corrected chi connectivity index (χ2v) is 5.17. The molecule has 0 saturated heterocycles. The predicted octanol–water partition coefficient (Wildman–Crippen LogP) is 2.38. The van der Waals surface area contributed by atoms with Gasteiger partial charge in [-0.15, -0.1) is 0 Å². The average Bonchev–Trinajstić information content (AvgIpc) is 2.61. The van der Waals surface area contributed by atoms with Gasteiger partial charge in [0.25, 0.3) is 5.91 Å². The maximum absolute atomic E-state index is 12.1. The van der Waals surface area contributed by atoms with E-state index in [1.54, 1.807) is 18.3 Å². The third kappa shape index (κ3) is 5.21. The highest BCUT2D eigenvalue weighted by molar-refractivity contribution is 5.96. The molecular formula is C18H20N2O3. The summed E-state index contributed by atoms with van der Waals surface area (Å²) >= 11 is 0. The molecule has 0 saturated carbocycles. The topological polar surface area (TPSA) is 68.3 Å². The Kier molecular flexibility index (Phi) is 6.29. The minimum Gasteiger partial charge on any atom is -0.467 e. The number of hydrogen-bond acceptors (Lipinski definition) is 4. The summed E-state index contributed by atoms with van der Waals surface area (Å²) in [6, 6.07) is 12.7. The minimum atomic E-state index is -0.656. The van der Waals surface area contributed by atoms with Crippen LogP contribution in [0.3, 0.4) is 0 Å². The molecule has 23 heavy (non-hydrogen) atoms. The molecule has 0 unspecified atom stereocenters. The van der Waals surface area contributed by atoms with Crippen LogP contribution in [-0.2, 0) is 16.0 Å². The lowest BCUT2D eigenvalue weighted by molar-refractivity contribution is -0.143. The molecule has 5 heteroatoms. The molecule has 1 atom stereocenters. The third-order valence-electron chi connectivity index (χ3n) is 3.52. The van der Waals surface area contributed by atoms with Gasteiger partial charge < -0.3 is 10.1 Å². The molecule has 1 aromatic heterocycles. The number of nitrogens with zero attached hydrogens (tertiary/aromatic N) is 1. The Morgan fingerprint density at radius 3 is 2.61 bits per heavy atom. The van der Waals surface area contributed by atoms with Gasteiger partial charge >= 0.3 is 5.97 Å². The Bertz CT molecular complexity index is 629. The van der Waals surface area contributed by atoms with Crippen molar-refractivity contribution in [3.8, 4) is 0 Å². The Balaban J connectivity index is 1.92. The number of hydrogen-bond donors (Lipinski definition) is 1. The Labute approximate surface area is 135 Å². The number of carbonyl (C=O) groups excluding carboxylic acids is 2. The molecule has 1 N–H and O–H groups in total. The summed E-state index contributed by atoms with van der Waals surface area (Å²) in [6.07, 6.45) is 5.20. The van der Waals surface area contributed by atoms with E-state index in [0.717, 1.165) is 12.8 Å². The van der Waals surface area contributed by atoms with Gasteiger partial charge in [0.05, 0.1) is 12.7 Å². The fourth-order valence-corrected chi connectivity index (χ4v) is 2.28. The summed E-state index contributed by atoms with van der Waals surface area (Å²) < 4.78 is 4.78.